The molecule has 0 aliphatic carbocycles. The summed E-state index contributed by atoms with van der Waals surface area (Å²) in [7, 11) is 0. The fraction of sp³-hybridized carbons (Fsp3) is 0.333. The summed E-state index contributed by atoms with van der Waals surface area (Å²) < 4.78 is 0. The van der Waals surface area contributed by atoms with E-state index < -0.39 is 6.04 Å². The van der Waals surface area contributed by atoms with Crippen LogP contribution in [0.3, 0.4) is 0 Å². The average Bonchev–Trinajstić information content (AvgIpc) is 2.45. The molecule has 0 radical (unpaired) electrons. The van der Waals surface area contributed by atoms with Gasteiger partial charge in [-0.15, -0.1) is 0 Å². The van der Waals surface area contributed by atoms with Gasteiger partial charge in [-0.05, 0) is 30.6 Å². The first-order chi connectivity index (χ1) is 8.22. The van der Waals surface area contributed by atoms with Crippen molar-refractivity contribution in [1.82, 2.24) is 5.32 Å². The largest absolute Gasteiger partial charge is 0.340 e. The van der Waals surface area contributed by atoms with Crippen molar-refractivity contribution in [2.75, 3.05) is 17.3 Å². The van der Waals surface area contributed by atoms with Crippen LogP contribution in [-0.4, -0.2) is 29.9 Å². The number of rotatable bonds is 3. The van der Waals surface area contributed by atoms with Crippen LogP contribution in [0, 0.1) is 0 Å². The van der Waals surface area contributed by atoms with Crippen molar-refractivity contribution in [3.05, 3.63) is 29.8 Å². The maximum absolute atomic E-state index is 11.9. The maximum Gasteiger partial charge on any atom is 0.254 e. The second-order valence-electron chi connectivity index (χ2n) is 3.84. The van der Waals surface area contributed by atoms with Gasteiger partial charge in [0.1, 0.15) is 6.04 Å². The van der Waals surface area contributed by atoms with Crippen molar-refractivity contribution in [1.29, 1.82) is 0 Å². The molecule has 0 bridgehead atoms. The van der Waals surface area contributed by atoms with Crippen LogP contribution in [0.15, 0.2) is 24.3 Å². The Morgan fingerprint density at radius 3 is 2.82 bits per heavy atom. The number of hydrogen-bond acceptors (Lipinski definition) is 3. The molecule has 2 N–H and O–H groups in total. The lowest BCUT2D eigenvalue weighted by molar-refractivity contribution is -0.117. The van der Waals surface area contributed by atoms with Crippen molar-refractivity contribution in [3.63, 3.8) is 0 Å². The van der Waals surface area contributed by atoms with Gasteiger partial charge in [0.25, 0.3) is 5.91 Å². The molecule has 2 rings (SSSR count). The number of carbonyl (C=O) groups excluding carboxylic acids is 2. The van der Waals surface area contributed by atoms with Gasteiger partial charge >= 0.3 is 0 Å². The monoisotopic (exact) mass is 250 g/mol. The minimum Gasteiger partial charge on any atom is -0.340 e. The van der Waals surface area contributed by atoms with Crippen molar-refractivity contribution in [2.45, 2.75) is 12.5 Å². The molecule has 5 heteroatoms. The molecule has 2 amide bonds. The quantitative estimate of drug-likeness (QED) is 0.854. The lowest BCUT2D eigenvalue weighted by Crippen LogP contribution is -2.41. The number of anilines is 1. The van der Waals surface area contributed by atoms with E-state index in [-0.39, 0.29) is 11.8 Å². The van der Waals surface area contributed by atoms with Gasteiger partial charge in [-0.25, -0.2) is 0 Å². The predicted octanol–water partition coefficient (Wildman–Crippen LogP) is 1.49. The zero-order valence-electron chi connectivity index (χ0n) is 9.53. The summed E-state index contributed by atoms with van der Waals surface area (Å²) in [5.74, 6) is 0.511. The van der Waals surface area contributed by atoms with E-state index in [1.54, 1.807) is 36.0 Å². The highest BCUT2D eigenvalue weighted by atomic mass is 32.2. The van der Waals surface area contributed by atoms with E-state index in [4.69, 9.17) is 0 Å². The fourth-order valence-corrected chi connectivity index (χ4v) is 2.22. The van der Waals surface area contributed by atoms with Gasteiger partial charge in [-0.3, -0.25) is 9.59 Å². The summed E-state index contributed by atoms with van der Waals surface area (Å²) in [4.78, 5) is 23.8. The number of hydrogen-bond donors (Lipinski definition) is 2. The molecule has 1 heterocycles. The van der Waals surface area contributed by atoms with Crippen LogP contribution >= 0.6 is 11.8 Å². The minimum absolute atomic E-state index is 0.141. The predicted molar refractivity (Wildman–Crippen MR) is 69.3 cm³/mol. The summed E-state index contributed by atoms with van der Waals surface area (Å²) in [6.45, 7) is 0. The summed E-state index contributed by atoms with van der Waals surface area (Å²) in [6, 6.07) is 6.59. The Kier molecular flexibility index (Phi) is 3.68. The molecule has 0 aromatic heterocycles. The number of amides is 2. The molecule has 1 aliphatic rings. The Bertz CT molecular complexity index is 448. The van der Waals surface area contributed by atoms with Crippen molar-refractivity contribution >= 4 is 29.3 Å². The third kappa shape index (κ3) is 2.61. The first-order valence-corrected chi connectivity index (χ1v) is 6.81. The average molecular weight is 250 g/mol. The van der Waals surface area contributed by atoms with E-state index in [2.05, 4.69) is 10.6 Å². The van der Waals surface area contributed by atoms with E-state index in [1.807, 2.05) is 6.26 Å². The molecule has 1 unspecified atom stereocenters. The molecule has 0 spiro atoms. The van der Waals surface area contributed by atoms with Crippen LogP contribution in [-0.2, 0) is 4.79 Å². The van der Waals surface area contributed by atoms with E-state index in [0.29, 0.717) is 17.7 Å². The lowest BCUT2D eigenvalue weighted by atomic mass is 10.1. The summed E-state index contributed by atoms with van der Waals surface area (Å²) in [5.41, 5.74) is 1.11. The Morgan fingerprint density at radius 2 is 2.06 bits per heavy atom. The highest BCUT2D eigenvalue weighted by Gasteiger charge is 2.26. The first kappa shape index (κ1) is 12.0. The molecule has 1 aliphatic heterocycles. The van der Waals surface area contributed by atoms with Gasteiger partial charge in [0.2, 0.25) is 5.91 Å². The highest BCUT2D eigenvalue weighted by molar-refractivity contribution is 7.98. The molecule has 17 heavy (non-hydrogen) atoms. The molecule has 1 atom stereocenters. The zero-order valence-corrected chi connectivity index (χ0v) is 10.3. The Hall–Kier alpha value is -1.49. The molecular formula is C12H14N2O2S. The number of benzene rings is 1. The van der Waals surface area contributed by atoms with Crippen LogP contribution < -0.4 is 10.6 Å². The number of thioether (sulfide) groups is 1. The van der Waals surface area contributed by atoms with Gasteiger partial charge in [-0.1, -0.05) is 12.1 Å². The topological polar surface area (TPSA) is 58.2 Å². The molecule has 4 nitrogen and oxygen atoms in total. The number of nitrogens with one attached hydrogen (secondary N) is 2. The summed E-state index contributed by atoms with van der Waals surface area (Å²) in [6.07, 6.45) is 2.62. The van der Waals surface area contributed by atoms with Crippen LogP contribution in [0.2, 0.25) is 0 Å². The normalized spacial score (nSPS) is 19.0. The lowest BCUT2D eigenvalue weighted by Gasteiger charge is -2.13. The molecular weight excluding hydrogens is 236 g/mol. The van der Waals surface area contributed by atoms with Crippen LogP contribution in [0.5, 0.6) is 0 Å². The van der Waals surface area contributed by atoms with Crippen LogP contribution in [0.1, 0.15) is 16.8 Å². The highest BCUT2D eigenvalue weighted by Crippen LogP contribution is 2.19. The van der Waals surface area contributed by atoms with Gasteiger partial charge in [0, 0.05) is 0 Å². The number of carbonyl (C=O) groups is 2. The first-order valence-electron chi connectivity index (χ1n) is 5.42. The third-order valence-electron chi connectivity index (χ3n) is 2.66. The Morgan fingerprint density at radius 1 is 1.29 bits per heavy atom. The van der Waals surface area contributed by atoms with Gasteiger partial charge in [0.05, 0.1) is 11.3 Å². The van der Waals surface area contributed by atoms with Gasteiger partial charge < -0.3 is 10.6 Å². The van der Waals surface area contributed by atoms with Crippen molar-refractivity contribution < 1.29 is 9.59 Å². The second kappa shape index (κ2) is 5.23. The third-order valence-corrected chi connectivity index (χ3v) is 3.31. The van der Waals surface area contributed by atoms with E-state index in [0.717, 1.165) is 5.75 Å². The standard InChI is InChI=1S/C12H14N2O2S/c1-17-7-6-10-12(16)13-9-5-3-2-4-8(9)11(15)14-10/h2-5,10H,6-7H2,1H3,(H,13,16)(H,14,15). The molecule has 1 aromatic rings. The van der Waals surface area contributed by atoms with Crippen LogP contribution in [0.25, 0.3) is 0 Å². The molecule has 0 saturated carbocycles. The Labute approximate surface area is 104 Å². The second-order valence-corrected chi connectivity index (χ2v) is 4.83. The summed E-state index contributed by atoms with van der Waals surface area (Å²) in [5, 5.41) is 5.54. The molecule has 90 valence electrons. The molecule has 0 fully saturated rings. The molecule has 1 aromatic carbocycles. The number of para-hydroxylation sites is 1. The summed E-state index contributed by atoms with van der Waals surface area (Å²) >= 11 is 1.66. The van der Waals surface area contributed by atoms with Gasteiger partial charge in [0.15, 0.2) is 0 Å². The number of fused-ring (bicyclic) bond motifs is 1. The maximum atomic E-state index is 11.9. The fourth-order valence-electron chi connectivity index (χ4n) is 1.75. The smallest absolute Gasteiger partial charge is 0.254 e. The van der Waals surface area contributed by atoms with Gasteiger partial charge in [-0.2, -0.15) is 11.8 Å². The zero-order chi connectivity index (χ0) is 12.3. The van der Waals surface area contributed by atoms with E-state index in [1.165, 1.54) is 0 Å². The Balaban J connectivity index is 2.22. The molecule has 0 saturated heterocycles. The minimum atomic E-state index is -0.442. The van der Waals surface area contributed by atoms with Crippen molar-refractivity contribution in [2.24, 2.45) is 0 Å². The SMILES string of the molecule is CSCCC1NC(=O)c2ccccc2NC1=O. The van der Waals surface area contributed by atoms with Crippen LogP contribution in [0.4, 0.5) is 5.69 Å². The van der Waals surface area contributed by atoms with Crippen molar-refractivity contribution in [3.8, 4) is 0 Å². The van der Waals surface area contributed by atoms with E-state index in [9.17, 15) is 9.59 Å². The van der Waals surface area contributed by atoms with E-state index >= 15 is 0 Å².